The van der Waals surface area contributed by atoms with Gasteiger partial charge in [-0.1, -0.05) is 0 Å². The summed E-state index contributed by atoms with van der Waals surface area (Å²) in [5.41, 5.74) is 0. The number of hydrogen-bond donors (Lipinski definition) is 0. The van der Waals surface area contributed by atoms with E-state index in [4.69, 9.17) is 0 Å². The van der Waals surface area contributed by atoms with Crippen molar-refractivity contribution in [3.05, 3.63) is 22.7 Å². The fourth-order valence-corrected chi connectivity index (χ4v) is 25.5. The zero-order valence-corrected chi connectivity index (χ0v) is 41.6. The fourth-order valence-electron chi connectivity index (χ4n) is 8.92. The molecule has 0 aromatic heterocycles. The molecule has 1 nitrogen and oxygen atoms in total. The Labute approximate surface area is 350 Å². The van der Waals surface area contributed by atoms with E-state index in [9.17, 15) is 0 Å². The standard InChI is InChI=1S/C37H80OP2.C8H17.C5H5.Mn/c1-7-13-19-25-31-39(32-26-20-14-8-2,33-27-21-15-9-3)37(38)40(34-28-22-16-10-4,35-29-23-17-11-5)36-30-24-18-12-6;1-3-5-7-8-6-4-2;1-2-4-5-3-1;/h39-40H,7-36H2,1-6H3;1,3-8H2,2H3;1-3H,4H2;. The number of hydrogen-bond acceptors (Lipinski definition) is 1. The van der Waals surface area contributed by atoms with E-state index in [-0.39, 0.29) is 0 Å². The molecule has 0 heterocycles. The molecule has 0 radical (unpaired) electrons. The van der Waals surface area contributed by atoms with E-state index in [1.165, 1.54) is 241 Å². The maximum atomic E-state index is 15.6. The second-order valence-corrected chi connectivity index (χ2v) is 28.9. The first-order valence-electron chi connectivity index (χ1n) is 24.9. The summed E-state index contributed by atoms with van der Waals surface area (Å²) < 4.78 is 1.67. The van der Waals surface area contributed by atoms with Crippen molar-refractivity contribution in [1.82, 2.24) is 0 Å². The molecule has 1 aliphatic rings. The van der Waals surface area contributed by atoms with Crippen molar-refractivity contribution in [2.75, 3.05) is 37.0 Å². The van der Waals surface area contributed by atoms with Gasteiger partial charge in [-0.3, -0.25) is 0 Å². The Bertz CT molecular complexity index is 758. The molecule has 0 spiro atoms. The zero-order valence-electron chi connectivity index (χ0n) is 38.4. The first kappa shape index (κ1) is 54.5. The van der Waals surface area contributed by atoms with Gasteiger partial charge in [-0.2, -0.15) is 0 Å². The van der Waals surface area contributed by atoms with Gasteiger partial charge in [-0.15, -0.1) is 0 Å². The molecule has 4 heteroatoms. The van der Waals surface area contributed by atoms with Crippen molar-refractivity contribution in [2.45, 2.75) is 253 Å². The molecule has 0 atom stereocenters. The van der Waals surface area contributed by atoms with Gasteiger partial charge in [0.05, 0.1) is 0 Å². The Kier molecular flexibility index (Phi) is 40.7. The first-order valence-corrected chi connectivity index (χ1v) is 31.6. The molecule has 0 amide bonds. The summed E-state index contributed by atoms with van der Waals surface area (Å²) in [4.78, 5) is 15.6. The van der Waals surface area contributed by atoms with Gasteiger partial charge in [0.15, 0.2) is 0 Å². The number of allylic oxidation sites excluding steroid dienone is 4. The second-order valence-electron chi connectivity index (χ2n) is 17.6. The predicted octanol–water partition coefficient (Wildman–Crippen LogP) is 18.8. The summed E-state index contributed by atoms with van der Waals surface area (Å²) in [6.07, 6.45) is 56.9. The summed E-state index contributed by atoms with van der Waals surface area (Å²) in [5, 5.41) is 2.48. The molecule has 54 heavy (non-hydrogen) atoms. The van der Waals surface area contributed by atoms with Gasteiger partial charge in [0.25, 0.3) is 0 Å². The molecule has 0 aromatic carbocycles. The van der Waals surface area contributed by atoms with Crippen LogP contribution in [0.15, 0.2) is 22.7 Å². The van der Waals surface area contributed by atoms with Gasteiger partial charge >= 0.3 is 352 Å². The van der Waals surface area contributed by atoms with E-state index in [1.54, 1.807) is 4.47 Å². The molecule has 0 aliphatic heterocycles. The van der Waals surface area contributed by atoms with Crippen molar-refractivity contribution in [3.63, 3.8) is 0 Å². The Hall–Kier alpha value is 0.529. The predicted molar refractivity (Wildman–Crippen MR) is 256 cm³/mol. The van der Waals surface area contributed by atoms with E-state index < -0.39 is 14.5 Å². The summed E-state index contributed by atoms with van der Waals surface area (Å²) >= 11 is 1.07. The van der Waals surface area contributed by atoms with E-state index in [0.717, 1.165) is 20.2 Å². The minimum atomic E-state index is -1.97. The topological polar surface area (TPSA) is 17.1 Å². The average Bonchev–Trinajstić information content (AvgIpc) is 3.71. The van der Waals surface area contributed by atoms with Gasteiger partial charge in [0.1, 0.15) is 0 Å². The normalized spacial score (nSPS) is 13.6. The number of carbonyl (C=O) groups is 1. The Morgan fingerprint density at radius 2 is 0.704 bits per heavy atom. The second kappa shape index (κ2) is 40.3. The minimum absolute atomic E-state index is 1.05. The van der Waals surface area contributed by atoms with Crippen LogP contribution >= 0.6 is 14.5 Å². The van der Waals surface area contributed by atoms with Crippen molar-refractivity contribution >= 4 is 19.8 Å². The van der Waals surface area contributed by atoms with E-state index in [2.05, 4.69) is 66.7 Å². The summed E-state index contributed by atoms with van der Waals surface area (Å²) in [6.45, 7) is 16.3. The van der Waals surface area contributed by atoms with Crippen LogP contribution in [-0.4, -0.2) is 42.2 Å². The zero-order chi connectivity index (χ0) is 39.9. The molecule has 0 unspecified atom stereocenters. The van der Waals surface area contributed by atoms with Crippen LogP contribution < -0.4 is 0 Å². The summed E-state index contributed by atoms with van der Waals surface area (Å²) in [6, 6.07) is 0. The van der Waals surface area contributed by atoms with Crippen LogP contribution in [-0.2, 0) is 15.0 Å². The van der Waals surface area contributed by atoms with Gasteiger partial charge in [-0.05, 0) is 0 Å². The Balaban J connectivity index is 0.00000166. The maximum absolute atomic E-state index is 15.6. The van der Waals surface area contributed by atoms with E-state index in [1.807, 2.05) is 0 Å². The molecule has 0 N–H and O–H groups in total. The van der Waals surface area contributed by atoms with Crippen LogP contribution in [0.3, 0.4) is 0 Å². The fraction of sp³-hybridized carbons (Fsp3) is 0.900. The molecular weight excluding hydrogens is 733 g/mol. The van der Waals surface area contributed by atoms with Crippen molar-refractivity contribution in [2.24, 2.45) is 0 Å². The molecule has 325 valence electrons. The summed E-state index contributed by atoms with van der Waals surface area (Å²) in [7, 11) is -3.93. The van der Waals surface area contributed by atoms with E-state index >= 15 is 4.79 Å². The number of carbonyl (C=O) groups excluding carboxylic acids is 1. The van der Waals surface area contributed by atoms with E-state index in [0.29, 0.717) is 0 Å². The van der Waals surface area contributed by atoms with Crippen molar-refractivity contribution < 1.29 is 19.8 Å². The average molecular weight is 836 g/mol. The van der Waals surface area contributed by atoms with Crippen molar-refractivity contribution in [1.29, 1.82) is 0 Å². The van der Waals surface area contributed by atoms with Crippen LogP contribution in [0.2, 0.25) is 5.32 Å². The number of rotatable bonds is 40. The van der Waals surface area contributed by atoms with Gasteiger partial charge in [-0.25, -0.2) is 0 Å². The molecule has 0 fully saturated rings. The molecule has 0 saturated carbocycles. The SMILES string of the molecule is CCCCCCC[CH2][Mn][C]1=CC=CC1.CCCCCC[PH](CCCCCC)(CCCCCC)C(=O)[PH](CCCCCC)(CCCCCC)CCCCCC. The number of unbranched alkanes of at least 4 members (excludes halogenated alkanes) is 23. The van der Waals surface area contributed by atoms with Crippen LogP contribution in [0.5, 0.6) is 0 Å². The monoisotopic (exact) mass is 836 g/mol. The summed E-state index contributed by atoms with van der Waals surface area (Å²) in [5.74, 6) is 0. The Morgan fingerprint density at radius 3 is 0.981 bits per heavy atom. The van der Waals surface area contributed by atoms with Gasteiger partial charge in [0.2, 0.25) is 0 Å². The third-order valence-corrected chi connectivity index (χ3v) is 27.2. The van der Waals surface area contributed by atoms with Crippen molar-refractivity contribution in [3.8, 4) is 0 Å². The Morgan fingerprint density at radius 1 is 0.426 bits per heavy atom. The first-order chi connectivity index (χ1) is 26.5. The molecule has 0 saturated heterocycles. The third kappa shape index (κ3) is 28.0. The molecule has 1 rings (SSSR count). The molecule has 0 bridgehead atoms. The van der Waals surface area contributed by atoms with Gasteiger partial charge < -0.3 is 0 Å². The molecule has 1 aliphatic carbocycles. The molecular formula is C50H102MnOP2. The van der Waals surface area contributed by atoms with Crippen LogP contribution in [0.1, 0.15) is 248 Å². The molecule has 0 aromatic rings. The third-order valence-electron chi connectivity index (χ3n) is 12.5. The van der Waals surface area contributed by atoms with Gasteiger partial charge in [0, 0.05) is 0 Å². The quantitative estimate of drug-likeness (QED) is 0.0341. The van der Waals surface area contributed by atoms with Crippen LogP contribution in [0, 0.1) is 0 Å². The van der Waals surface area contributed by atoms with Crippen LogP contribution in [0.25, 0.3) is 0 Å². The van der Waals surface area contributed by atoms with Crippen LogP contribution in [0.4, 0.5) is 4.79 Å².